The second kappa shape index (κ2) is 8.00. The maximum atomic E-state index is 13.1. The van der Waals surface area contributed by atoms with Crippen LogP contribution >= 0.6 is 11.6 Å². The maximum Gasteiger partial charge on any atom is 0.239 e. The van der Waals surface area contributed by atoms with E-state index in [0.29, 0.717) is 16.6 Å². The number of anilines is 1. The number of carbonyl (C=O) groups is 1. The fourth-order valence-corrected chi connectivity index (χ4v) is 6.26. The summed E-state index contributed by atoms with van der Waals surface area (Å²) >= 11 is 6.08. The van der Waals surface area contributed by atoms with Gasteiger partial charge in [0, 0.05) is 11.1 Å². The van der Waals surface area contributed by atoms with E-state index in [0.717, 1.165) is 17.9 Å². The maximum absolute atomic E-state index is 13.1. The van der Waals surface area contributed by atoms with Crippen LogP contribution in [0.4, 0.5) is 5.69 Å². The third kappa shape index (κ3) is 4.28. The molecule has 0 aromatic heterocycles. The molecule has 0 heterocycles. The van der Waals surface area contributed by atoms with Gasteiger partial charge in [0.05, 0.1) is 22.0 Å². The number of hydrogen-bond acceptors (Lipinski definition) is 4. The lowest BCUT2D eigenvalue weighted by Crippen LogP contribution is -2.41. The van der Waals surface area contributed by atoms with Crippen molar-refractivity contribution in [3.8, 4) is 0 Å². The standard InChI is InChI=1S/C22H25ClN2O3S/c1-14-2-7-18(8-3-14)29(27,28)21-12-17(23)6-9-19(21)24-13-22(26)25-20-11-15-4-5-16(20)10-15/h2-3,6-9,12,15-16,20,24H,4-5,10-11,13H2,1H3,(H,25,26). The van der Waals surface area contributed by atoms with Crippen molar-refractivity contribution in [2.45, 2.75) is 48.4 Å². The Morgan fingerprint density at radius 3 is 2.52 bits per heavy atom. The number of sulfone groups is 1. The van der Waals surface area contributed by atoms with Gasteiger partial charge in [-0.15, -0.1) is 0 Å². The highest BCUT2D eigenvalue weighted by Gasteiger charge is 2.40. The molecule has 2 aliphatic carbocycles. The van der Waals surface area contributed by atoms with Gasteiger partial charge in [0.25, 0.3) is 0 Å². The van der Waals surface area contributed by atoms with E-state index in [9.17, 15) is 13.2 Å². The third-order valence-electron chi connectivity index (χ3n) is 6.09. The van der Waals surface area contributed by atoms with Crippen molar-refractivity contribution >= 4 is 33.0 Å². The molecule has 2 saturated carbocycles. The second-order valence-electron chi connectivity index (χ2n) is 8.16. The van der Waals surface area contributed by atoms with Crippen molar-refractivity contribution in [2.75, 3.05) is 11.9 Å². The van der Waals surface area contributed by atoms with Gasteiger partial charge in [-0.2, -0.15) is 0 Å². The predicted molar refractivity (Wildman–Crippen MR) is 114 cm³/mol. The quantitative estimate of drug-likeness (QED) is 0.717. The molecule has 5 nitrogen and oxygen atoms in total. The minimum atomic E-state index is -3.76. The van der Waals surface area contributed by atoms with Crippen molar-refractivity contribution in [1.82, 2.24) is 5.32 Å². The number of halogens is 1. The van der Waals surface area contributed by atoms with Gasteiger partial charge < -0.3 is 10.6 Å². The fraction of sp³-hybridized carbons (Fsp3) is 0.409. The molecule has 0 aliphatic heterocycles. The van der Waals surface area contributed by atoms with Gasteiger partial charge in [0.15, 0.2) is 0 Å². The normalized spacial score (nSPS) is 23.2. The van der Waals surface area contributed by atoms with E-state index in [1.165, 1.54) is 25.3 Å². The topological polar surface area (TPSA) is 75.3 Å². The van der Waals surface area contributed by atoms with Gasteiger partial charge >= 0.3 is 0 Å². The zero-order valence-corrected chi connectivity index (χ0v) is 17.9. The molecule has 2 aliphatic rings. The first-order valence-corrected chi connectivity index (χ1v) is 11.8. The molecule has 2 aromatic carbocycles. The number of aryl methyl sites for hydroxylation is 1. The molecular weight excluding hydrogens is 408 g/mol. The largest absolute Gasteiger partial charge is 0.375 e. The van der Waals surface area contributed by atoms with Gasteiger partial charge in [-0.1, -0.05) is 35.7 Å². The van der Waals surface area contributed by atoms with Gasteiger partial charge in [0.1, 0.15) is 0 Å². The van der Waals surface area contributed by atoms with Crippen LogP contribution in [0.2, 0.25) is 5.02 Å². The van der Waals surface area contributed by atoms with Crippen LogP contribution in [-0.4, -0.2) is 26.9 Å². The molecular formula is C22H25ClN2O3S. The van der Waals surface area contributed by atoms with Gasteiger partial charge in [-0.05, 0) is 68.4 Å². The number of fused-ring (bicyclic) bond motifs is 2. The fourth-order valence-electron chi connectivity index (χ4n) is 4.56. The molecule has 0 saturated heterocycles. The average molecular weight is 433 g/mol. The monoisotopic (exact) mass is 432 g/mol. The molecule has 154 valence electrons. The highest BCUT2D eigenvalue weighted by molar-refractivity contribution is 7.91. The molecule has 7 heteroatoms. The lowest BCUT2D eigenvalue weighted by atomic mass is 9.95. The molecule has 2 aromatic rings. The highest BCUT2D eigenvalue weighted by atomic mass is 35.5. The van der Waals surface area contributed by atoms with Crippen LogP contribution in [-0.2, 0) is 14.6 Å². The summed E-state index contributed by atoms with van der Waals surface area (Å²) in [5.74, 6) is 1.23. The second-order valence-corrected chi connectivity index (χ2v) is 10.5. The summed E-state index contributed by atoms with van der Waals surface area (Å²) in [7, 11) is -3.76. The van der Waals surface area contributed by atoms with Crippen LogP contribution in [0.5, 0.6) is 0 Å². The Bertz CT molecular complexity index is 1020. The Morgan fingerprint density at radius 2 is 1.86 bits per heavy atom. The van der Waals surface area contributed by atoms with Crippen molar-refractivity contribution in [3.05, 3.63) is 53.1 Å². The van der Waals surface area contributed by atoms with Crippen LogP contribution in [0.25, 0.3) is 0 Å². The van der Waals surface area contributed by atoms with Crippen molar-refractivity contribution in [2.24, 2.45) is 11.8 Å². The third-order valence-corrected chi connectivity index (χ3v) is 8.13. The zero-order valence-electron chi connectivity index (χ0n) is 16.3. The van der Waals surface area contributed by atoms with E-state index in [2.05, 4.69) is 10.6 Å². The molecule has 2 N–H and O–H groups in total. The minimum absolute atomic E-state index is 0.0198. The lowest BCUT2D eigenvalue weighted by molar-refractivity contribution is -0.120. The molecule has 3 atom stereocenters. The number of nitrogens with one attached hydrogen (secondary N) is 2. The number of carbonyl (C=O) groups excluding carboxylic acids is 1. The number of hydrogen-bond donors (Lipinski definition) is 2. The van der Waals surface area contributed by atoms with Crippen molar-refractivity contribution in [3.63, 3.8) is 0 Å². The first kappa shape index (κ1) is 20.2. The van der Waals surface area contributed by atoms with E-state index in [-0.39, 0.29) is 28.3 Å². The molecule has 0 spiro atoms. The SMILES string of the molecule is Cc1ccc(S(=O)(=O)c2cc(Cl)ccc2NCC(=O)NC2CC3CCC2C3)cc1. The number of amides is 1. The Balaban J connectivity index is 1.49. The minimum Gasteiger partial charge on any atom is -0.375 e. The zero-order chi connectivity index (χ0) is 20.6. The Kier molecular flexibility index (Phi) is 5.58. The molecule has 0 radical (unpaired) electrons. The van der Waals surface area contributed by atoms with Gasteiger partial charge in [0.2, 0.25) is 15.7 Å². The predicted octanol–water partition coefficient (Wildman–Crippen LogP) is 4.20. The average Bonchev–Trinajstić information content (AvgIpc) is 3.30. The molecule has 3 unspecified atom stereocenters. The number of benzene rings is 2. The molecule has 2 fully saturated rings. The van der Waals surface area contributed by atoms with E-state index in [1.54, 1.807) is 36.4 Å². The van der Waals surface area contributed by atoms with Crippen LogP contribution in [0.1, 0.15) is 31.2 Å². The van der Waals surface area contributed by atoms with Gasteiger partial charge in [-0.25, -0.2) is 8.42 Å². The highest BCUT2D eigenvalue weighted by Crippen LogP contribution is 2.44. The summed E-state index contributed by atoms with van der Waals surface area (Å²) in [5.41, 5.74) is 1.35. The van der Waals surface area contributed by atoms with Crippen LogP contribution < -0.4 is 10.6 Å². The van der Waals surface area contributed by atoms with Crippen LogP contribution in [0, 0.1) is 18.8 Å². The molecule has 4 rings (SSSR count). The van der Waals surface area contributed by atoms with E-state index < -0.39 is 9.84 Å². The smallest absolute Gasteiger partial charge is 0.239 e. The number of rotatable bonds is 6. The summed E-state index contributed by atoms with van der Waals surface area (Å²) in [6.45, 7) is 1.92. The summed E-state index contributed by atoms with van der Waals surface area (Å²) in [6, 6.07) is 11.6. The molecule has 29 heavy (non-hydrogen) atoms. The Hall–Kier alpha value is -2.05. The molecule has 2 bridgehead atoms. The van der Waals surface area contributed by atoms with Crippen LogP contribution in [0.15, 0.2) is 52.3 Å². The van der Waals surface area contributed by atoms with Crippen molar-refractivity contribution in [1.29, 1.82) is 0 Å². The summed E-state index contributed by atoms with van der Waals surface area (Å²) in [4.78, 5) is 12.7. The van der Waals surface area contributed by atoms with E-state index in [4.69, 9.17) is 11.6 Å². The van der Waals surface area contributed by atoms with E-state index >= 15 is 0 Å². The van der Waals surface area contributed by atoms with E-state index in [1.807, 2.05) is 6.92 Å². The van der Waals surface area contributed by atoms with Crippen molar-refractivity contribution < 1.29 is 13.2 Å². The molecule has 1 amide bonds. The summed E-state index contributed by atoms with van der Waals surface area (Å²) in [6.07, 6.45) is 4.75. The Morgan fingerprint density at radius 1 is 1.10 bits per heavy atom. The van der Waals surface area contributed by atoms with Crippen LogP contribution in [0.3, 0.4) is 0 Å². The first-order chi connectivity index (χ1) is 13.8. The summed E-state index contributed by atoms with van der Waals surface area (Å²) in [5, 5.41) is 6.43. The summed E-state index contributed by atoms with van der Waals surface area (Å²) < 4.78 is 26.3. The van der Waals surface area contributed by atoms with Gasteiger partial charge in [-0.3, -0.25) is 4.79 Å². The lowest BCUT2D eigenvalue weighted by Gasteiger charge is -2.23. The first-order valence-electron chi connectivity index (χ1n) is 9.97. The Labute approximate surface area is 176 Å².